The monoisotopic (exact) mass is 457 g/mol. The average Bonchev–Trinajstić information content (AvgIpc) is 2.65. The van der Waals surface area contributed by atoms with Gasteiger partial charge in [-0.1, -0.05) is 29.3 Å². The molecule has 2 fully saturated rings. The number of nitrogens with one attached hydrogen (secondary N) is 1. The van der Waals surface area contributed by atoms with Crippen LogP contribution < -0.4 is 11.1 Å². The Labute approximate surface area is 187 Å². The Morgan fingerprint density at radius 2 is 1.94 bits per heavy atom. The molecule has 31 heavy (non-hydrogen) atoms. The number of likely N-dealkylation sites (tertiary alicyclic amines) is 1. The van der Waals surface area contributed by atoms with Gasteiger partial charge in [0.2, 0.25) is 5.91 Å². The zero-order valence-corrected chi connectivity index (χ0v) is 18.8. The third-order valence-corrected chi connectivity index (χ3v) is 5.82. The number of allylic oxidation sites excluding steroid dienone is 2. The number of rotatable bonds is 4. The number of likely N-dealkylation sites (N-methyl/N-ethyl adjacent to an activating group) is 1. The van der Waals surface area contributed by atoms with Gasteiger partial charge in [0.1, 0.15) is 0 Å². The van der Waals surface area contributed by atoms with E-state index in [1.54, 1.807) is 6.08 Å². The SMILES string of the molecule is CCNC(=O)/C=C(\N)C1CCN(C)CC1.FC(F)(F)c1ccc(C=C2CCC2)cc1Cl. The second-order valence-electron chi connectivity index (χ2n) is 8.01. The molecule has 172 valence electrons. The number of carbonyl (C=O) groups is 1. The molecule has 1 aliphatic heterocycles. The Bertz CT molecular complexity index is 807. The van der Waals surface area contributed by atoms with Crippen molar-refractivity contribution in [3.05, 3.63) is 51.7 Å². The summed E-state index contributed by atoms with van der Waals surface area (Å²) in [6.45, 7) is 4.68. The molecule has 0 spiro atoms. The average molecular weight is 458 g/mol. The van der Waals surface area contributed by atoms with Crippen molar-refractivity contribution in [2.75, 3.05) is 26.7 Å². The number of piperidine rings is 1. The first kappa shape index (κ1) is 25.3. The predicted molar refractivity (Wildman–Crippen MR) is 119 cm³/mol. The molecule has 0 unspecified atom stereocenters. The molecule has 8 heteroatoms. The maximum absolute atomic E-state index is 12.4. The van der Waals surface area contributed by atoms with E-state index in [4.69, 9.17) is 17.3 Å². The normalized spacial score (nSPS) is 18.0. The number of halogens is 4. The van der Waals surface area contributed by atoms with E-state index in [-0.39, 0.29) is 10.9 Å². The summed E-state index contributed by atoms with van der Waals surface area (Å²) in [4.78, 5) is 13.6. The highest BCUT2D eigenvalue weighted by Crippen LogP contribution is 2.36. The molecule has 1 aliphatic carbocycles. The molecular formula is C23H31ClF3N3O. The van der Waals surface area contributed by atoms with Crippen LogP contribution in [0.5, 0.6) is 0 Å². The molecule has 0 atom stereocenters. The van der Waals surface area contributed by atoms with Gasteiger partial charge in [0.25, 0.3) is 0 Å². The zero-order valence-electron chi connectivity index (χ0n) is 18.1. The fraction of sp³-hybridized carbons (Fsp3) is 0.522. The highest BCUT2D eigenvalue weighted by atomic mass is 35.5. The summed E-state index contributed by atoms with van der Waals surface area (Å²) in [6.07, 6.45) is 4.43. The second-order valence-corrected chi connectivity index (χ2v) is 8.42. The van der Waals surface area contributed by atoms with Gasteiger partial charge in [-0.25, -0.2) is 0 Å². The van der Waals surface area contributed by atoms with E-state index in [1.807, 2.05) is 13.0 Å². The Hall–Kier alpha value is -1.99. The maximum Gasteiger partial charge on any atom is 0.417 e. The lowest BCUT2D eigenvalue weighted by Crippen LogP contribution is -2.33. The van der Waals surface area contributed by atoms with Gasteiger partial charge >= 0.3 is 6.18 Å². The Morgan fingerprint density at radius 1 is 1.29 bits per heavy atom. The van der Waals surface area contributed by atoms with Crippen LogP contribution in [-0.4, -0.2) is 37.5 Å². The van der Waals surface area contributed by atoms with Crippen molar-refractivity contribution in [1.29, 1.82) is 0 Å². The number of nitrogens with two attached hydrogens (primary N) is 1. The van der Waals surface area contributed by atoms with E-state index in [0.29, 0.717) is 12.5 Å². The highest BCUT2D eigenvalue weighted by Gasteiger charge is 2.32. The molecule has 3 N–H and O–H groups in total. The summed E-state index contributed by atoms with van der Waals surface area (Å²) in [5, 5.41) is 2.48. The molecule has 1 heterocycles. The van der Waals surface area contributed by atoms with Crippen LogP contribution in [0.3, 0.4) is 0 Å². The number of hydrogen-bond acceptors (Lipinski definition) is 3. The van der Waals surface area contributed by atoms with Gasteiger partial charge < -0.3 is 16.0 Å². The minimum atomic E-state index is -4.38. The summed E-state index contributed by atoms with van der Waals surface area (Å²) in [6, 6.07) is 3.86. The van der Waals surface area contributed by atoms with Gasteiger partial charge in [-0.2, -0.15) is 13.2 Å². The first-order valence-electron chi connectivity index (χ1n) is 10.6. The van der Waals surface area contributed by atoms with Gasteiger partial charge in [0.05, 0.1) is 10.6 Å². The van der Waals surface area contributed by atoms with Crippen molar-refractivity contribution >= 4 is 23.6 Å². The fourth-order valence-electron chi connectivity index (χ4n) is 3.45. The van der Waals surface area contributed by atoms with Crippen LogP contribution in [0.15, 0.2) is 35.5 Å². The number of amides is 1. The van der Waals surface area contributed by atoms with Crippen molar-refractivity contribution in [2.45, 2.75) is 45.2 Å². The quantitative estimate of drug-likeness (QED) is 0.608. The van der Waals surface area contributed by atoms with Crippen LogP contribution in [-0.2, 0) is 11.0 Å². The standard InChI is InChI=1S/C12H10ClF3.C11H21N3O/c13-11-7-9(6-8-2-1-3-8)4-5-10(11)12(14,15)16;1-3-13-11(15)8-10(12)9-4-6-14(2)7-5-9/h4-7H,1-3H2;8-9H,3-7,12H2,1-2H3,(H,13,15)/b;10-8-. The summed E-state index contributed by atoms with van der Waals surface area (Å²) in [5.74, 6) is 0.303. The van der Waals surface area contributed by atoms with Gasteiger partial charge in [-0.3, -0.25) is 4.79 Å². The second kappa shape index (κ2) is 11.6. The van der Waals surface area contributed by atoms with E-state index in [0.717, 1.165) is 56.1 Å². The Morgan fingerprint density at radius 3 is 2.42 bits per heavy atom. The third-order valence-electron chi connectivity index (χ3n) is 5.50. The van der Waals surface area contributed by atoms with Gasteiger partial charge in [-0.15, -0.1) is 0 Å². The number of benzene rings is 1. The van der Waals surface area contributed by atoms with Gasteiger partial charge in [-0.05, 0) is 76.9 Å². The van der Waals surface area contributed by atoms with E-state index >= 15 is 0 Å². The van der Waals surface area contributed by atoms with Crippen LogP contribution in [0.1, 0.15) is 50.2 Å². The Balaban J connectivity index is 0.000000221. The van der Waals surface area contributed by atoms with Crippen LogP contribution in [0.2, 0.25) is 5.02 Å². The fourth-order valence-corrected chi connectivity index (χ4v) is 3.74. The first-order chi connectivity index (χ1) is 14.6. The van der Waals surface area contributed by atoms with Crippen molar-refractivity contribution in [3.63, 3.8) is 0 Å². The molecule has 1 saturated heterocycles. The molecule has 0 bridgehead atoms. The lowest BCUT2D eigenvalue weighted by molar-refractivity contribution is -0.137. The van der Waals surface area contributed by atoms with Crippen molar-refractivity contribution in [1.82, 2.24) is 10.2 Å². The van der Waals surface area contributed by atoms with Crippen molar-refractivity contribution < 1.29 is 18.0 Å². The maximum atomic E-state index is 12.4. The molecule has 1 aromatic rings. The summed E-state index contributed by atoms with van der Waals surface area (Å²) in [7, 11) is 2.11. The lowest BCUT2D eigenvalue weighted by Gasteiger charge is -2.29. The number of hydrogen-bond donors (Lipinski definition) is 2. The van der Waals surface area contributed by atoms with Crippen LogP contribution in [0, 0.1) is 5.92 Å². The summed E-state index contributed by atoms with van der Waals surface area (Å²) < 4.78 is 37.3. The molecule has 1 aromatic carbocycles. The lowest BCUT2D eigenvalue weighted by atomic mass is 9.90. The zero-order chi connectivity index (χ0) is 23.0. The topological polar surface area (TPSA) is 58.4 Å². The van der Waals surface area contributed by atoms with E-state index in [1.165, 1.54) is 24.1 Å². The molecule has 0 aromatic heterocycles. The van der Waals surface area contributed by atoms with Crippen molar-refractivity contribution in [3.8, 4) is 0 Å². The number of carbonyl (C=O) groups excluding carboxylic acids is 1. The predicted octanol–water partition coefficient (Wildman–Crippen LogP) is 5.23. The largest absolute Gasteiger partial charge is 0.417 e. The smallest absolute Gasteiger partial charge is 0.402 e. The highest BCUT2D eigenvalue weighted by molar-refractivity contribution is 6.31. The van der Waals surface area contributed by atoms with Crippen LogP contribution >= 0.6 is 11.6 Å². The number of alkyl halides is 3. The molecule has 1 amide bonds. The van der Waals surface area contributed by atoms with Gasteiger partial charge in [0.15, 0.2) is 0 Å². The summed E-state index contributed by atoms with van der Waals surface area (Å²) >= 11 is 5.61. The Kier molecular flexibility index (Phi) is 9.44. The minimum absolute atomic E-state index is 0.0751. The molecule has 4 nitrogen and oxygen atoms in total. The van der Waals surface area contributed by atoms with Crippen molar-refractivity contribution in [2.24, 2.45) is 11.7 Å². The van der Waals surface area contributed by atoms with Crippen LogP contribution in [0.25, 0.3) is 6.08 Å². The molecule has 3 rings (SSSR count). The van der Waals surface area contributed by atoms with E-state index < -0.39 is 11.7 Å². The molecular weight excluding hydrogens is 427 g/mol. The first-order valence-corrected chi connectivity index (χ1v) is 11.0. The van der Waals surface area contributed by atoms with E-state index in [9.17, 15) is 18.0 Å². The van der Waals surface area contributed by atoms with Gasteiger partial charge in [0, 0.05) is 24.2 Å². The summed E-state index contributed by atoms with van der Waals surface area (Å²) in [5.41, 5.74) is 7.88. The minimum Gasteiger partial charge on any atom is -0.402 e. The molecule has 2 aliphatic rings. The molecule has 0 radical (unpaired) electrons. The third kappa shape index (κ3) is 8.22. The van der Waals surface area contributed by atoms with E-state index in [2.05, 4.69) is 17.3 Å². The van der Waals surface area contributed by atoms with Crippen LogP contribution in [0.4, 0.5) is 13.2 Å². The molecule has 1 saturated carbocycles. The number of nitrogens with zero attached hydrogens (tertiary/aromatic N) is 1.